The molecule has 3 nitrogen and oxygen atoms in total. The molecule has 0 unspecified atom stereocenters. The summed E-state index contributed by atoms with van der Waals surface area (Å²) in [6, 6.07) is -1.21. The number of nitrogens with two attached hydrogens (primary N) is 1. The third-order valence-corrected chi connectivity index (χ3v) is 2.39. The summed E-state index contributed by atoms with van der Waals surface area (Å²) < 4.78 is 31.1. The number of esters is 1. The Balaban J connectivity index is 0.00000225. The molecule has 2 N–H and O–H groups in total. The monoisotopic (exact) mass is 257 g/mol. The number of hydrogen-bond donors (Lipinski definition) is 1. The van der Waals surface area contributed by atoms with Crippen LogP contribution in [0.15, 0.2) is 0 Å². The highest BCUT2D eigenvalue weighted by Crippen LogP contribution is 2.40. The maximum Gasteiger partial charge on any atom is 0.323 e. The molecule has 1 fully saturated rings. The Bertz CT molecular complexity index is 235. The zero-order chi connectivity index (χ0) is 11.5. The van der Waals surface area contributed by atoms with Gasteiger partial charge in [-0.2, -0.15) is 0 Å². The first-order chi connectivity index (χ1) is 6.94. The van der Waals surface area contributed by atoms with Gasteiger partial charge in [0.1, 0.15) is 6.04 Å². The summed E-state index contributed by atoms with van der Waals surface area (Å²) in [5, 5.41) is 0. The smallest absolute Gasteiger partial charge is 0.323 e. The van der Waals surface area contributed by atoms with Crippen LogP contribution in [0.3, 0.4) is 0 Å². The molecule has 1 saturated carbocycles. The minimum atomic E-state index is -2.84. The fourth-order valence-corrected chi connectivity index (χ4v) is 1.48. The number of carbonyl (C=O) groups is 1. The predicted molar refractivity (Wildman–Crippen MR) is 58.8 cm³/mol. The normalized spacial score (nSPS) is 17.5. The lowest BCUT2D eigenvalue weighted by Gasteiger charge is -2.19. The van der Waals surface area contributed by atoms with Crippen LogP contribution in [0.2, 0.25) is 0 Å². The standard InChI is InChI=1S/C10H17F2NO2.ClH/c1-2-15-9(14)8(13)6-10(11,12)5-7-3-4-7;/h7-8H,2-6,13H2,1H3;1H/t8-;/m1./s1. The van der Waals surface area contributed by atoms with Gasteiger partial charge in [-0.25, -0.2) is 8.78 Å². The summed E-state index contributed by atoms with van der Waals surface area (Å²) in [5.74, 6) is -3.46. The van der Waals surface area contributed by atoms with Crippen LogP contribution >= 0.6 is 12.4 Å². The predicted octanol–water partition coefficient (Wildman–Crippen LogP) is 2.12. The van der Waals surface area contributed by atoms with E-state index < -0.39 is 24.4 Å². The van der Waals surface area contributed by atoms with Crippen molar-refractivity contribution in [3.8, 4) is 0 Å². The number of alkyl halides is 2. The highest BCUT2D eigenvalue weighted by Gasteiger charge is 2.39. The van der Waals surface area contributed by atoms with E-state index in [1.807, 2.05) is 0 Å². The molecule has 0 aromatic rings. The Morgan fingerprint density at radius 2 is 2.12 bits per heavy atom. The largest absolute Gasteiger partial charge is 0.465 e. The van der Waals surface area contributed by atoms with E-state index in [0.29, 0.717) is 0 Å². The Labute approximate surface area is 100 Å². The number of rotatable bonds is 6. The van der Waals surface area contributed by atoms with E-state index in [2.05, 4.69) is 4.74 Å². The minimum Gasteiger partial charge on any atom is -0.465 e. The molecule has 6 heteroatoms. The summed E-state index contributed by atoms with van der Waals surface area (Å²) in [6.45, 7) is 1.79. The fourth-order valence-electron chi connectivity index (χ4n) is 1.48. The lowest BCUT2D eigenvalue weighted by atomic mass is 10.0. The van der Waals surface area contributed by atoms with Crippen molar-refractivity contribution in [3.05, 3.63) is 0 Å². The van der Waals surface area contributed by atoms with Crippen molar-refractivity contribution < 1.29 is 18.3 Å². The summed E-state index contributed by atoms with van der Waals surface area (Å²) in [4.78, 5) is 11.0. The average molecular weight is 258 g/mol. The van der Waals surface area contributed by atoms with E-state index in [-0.39, 0.29) is 31.4 Å². The van der Waals surface area contributed by atoms with Crippen molar-refractivity contribution in [1.82, 2.24) is 0 Å². The second kappa shape index (κ2) is 6.35. The first kappa shape index (κ1) is 15.6. The molecule has 1 rings (SSSR count). The molecule has 0 aliphatic heterocycles. The molecule has 96 valence electrons. The van der Waals surface area contributed by atoms with Crippen molar-refractivity contribution in [3.63, 3.8) is 0 Å². The van der Waals surface area contributed by atoms with Crippen LogP contribution in [-0.4, -0.2) is 24.5 Å². The molecule has 0 amide bonds. The van der Waals surface area contributed by atoms with Gasteiger partial charge in [0, 0.05) is 12.8 Å². The average Bonchev–Trinajstić information content (AvgIpc) is 2.86. The molecule has 1 atom stereocenters. The second-order valence-corrected chi connectivity index (χ2v) is 4.07. The highest BCUT2D eigenvalue weighted by molar-refractivity contribution is 5.85. The van der Waals surface area contributed by atoms with E-state index in [9.17, 15) is 13.6 Å². The third-order valence-electron chi connectivity index (χ3n) is 2.39. The molecule has 0 saturated heterocycles. The Morgan fingerprint density at radius 3 is 2.56 bits per heavy atom. The summed E-state index contributed by atoms with van der Waals surface area (Å²) >= 11 is 0. The summed E-state index contributed by atoms with van der Waals surface area (Å²) in [5.41, 5.74) is 5.33. The molecule has 1 aliphatic rings. The number of hydrogen-bond acceptors (Lipinski definition) is 3. The van der Waals surface area contributed by atoms with Crippen LogP contribution in [0, 0.1) is 5.92 Å². The van der Waals surface area contributed by atoms with Crippen molar-refractivity contribution in [2.75, 3.05) is 6.61 Å². The first-order valence-electron chi connectivity index (χ1n) is 5.24. The molecule has 16 heavy (non-hydrogen) atoms. The van der Waals surface area contributed by atoms with E-state index in [1.54, 1.807) is 6.92 Å². The van der Waals surface area contributed by atoms with Crippen LogP contribution in [0.5, 0.6) is 0 Å². The molecule has 0 aromatic carbocycles. The molecule has 0 spiro atoms. The van der Waals surface area contributed by atoms with Crippen molar-refractivity contribution in [2.45, 2.75) is 44.6 Å². The van der Waals surface area contributed by atoms with Crippen LogP contribution in [0.1, 0.15) is 32.6 Å². The van der Waals surface area contributed by atoms with Gasteiger partial charge in [-0.1, -0.05) is 0 Å². The van der Waals surface area contributed by atoms with Crippen LogP contribution < -0.4 is 5.73 Å². The lowest BCUT2D eigenvalue weighted by molar-refractivity contribution is -0.147. The van der Waals surface area contributed by atoms with E-state index >= 15 is 0 Å². The van der Waals surface area contributed by atoms with Crippen molar-refractivity contribution in [1.29, 1.82) is 0 Å². The second-order valence-electron chi connectivity index (χ2n) is 4.07. The molecule has 0 bridgehead atoms. The van der Waals surface area contributed by atoms with Crippen LogP contribution in [0.4, 0.5) is 8.78 Å². The molecule has 1 aliphatic carbocycles. The first-order valence-corrected chi connectivity index (χ1v) is 5.24. The van der Waals surface area contributed by atoms with Gasteiger partial charge in [0.2, 0.25) is 0 Å². The van der Waals surface area contributed by atoms with Gasteiger partial charge >= 0.3 is 5.97 Å². The SMILES string of the molecule is CCOC(=O)[C@H](N)CC(F)(F)CC1CC1.Cl. The molecule has 0 heterocycles. The van der Waals surface area contributed by atoms with Crippen LogP contribution in [0.25, 0.3) is 0 Å². The van der Waals surface area contributed by atoms with Gasteiger partial charge in [-0.05, 0) is 25.7 Å². The Morgan fingerprint density at radius 1 is 1.56 bits per heavy atom. The Kier molecular flexibility index (Phi) is 6.18. The van der Waals surface area contributed by atoms with E-state index in [4.69, 9.17) is 5.73 Å². The van der Waals surface area contributed by atoms with Crippen molar-refractivity contribution in [2.24, 2.45) is 11.7 Å². The van der Waals surface area contributed by atoms with Gasteiger partial charge in [-0.3, -0.25) is 4.79 Å². The van der Waals surface area contributed by atoms with Gasteiger partial charge in [-0.15, -0.1) is 12.4 Å². The lowest BCUT2D eigenvalue weighted by Crippen LogP contribution is -2.38. The quantitative estimate of drug-likeness (QED) is 0.742. The number of carbonyl (C=O) groups excluding carboxylic acids is 1. The van der Waals surface area contributed by atoms with Gasteiger partial charge in [0.15, 0.2) is 0 Å². The number of ether oxygens (including phenoxy) is 1. The summed E-state index contributed by atoms with van der Waals surface area (Å²) in [7, 11) is 0. The number of halogens is 3. The maximum absolute atomic E-state index is 13.3. The molecule has 0 radical (unpaired) electrons. The molecular weight excluding hydrogens is 240 g/mol. The van der Waals surface area contributed by atoms with E-state index in [0.717, 1.165) is 12.8 Å². The zero-order valence-corrected chi connectivity index (χ0v) is 10.1. The minimum absolute atomic E-state index is 0. The summed E-state index contributed by atoms with van der Waals surface area (Å²) in [6.07, 6.45) is 0.969. The Hall–Kier alpha value is -0.420. The van der Waals surface area contributed by atoms with Gasteiger partial charge < -0.3 is 10.5 Å². The maximum atomic E-state index is 13.3. The van der Waals surface area contributed by atoms with Crippen molar-refractivity contribution >= 4 is 18.4 Å². The van der Waals surface area contributed by atoms with Gasteiger partial charge in [0.25, 0.3) is 5.92 Å². The molecular formula is C10H18ClF2NO2. The zero-order valence-electron chi connectivity index (χ0n) is 9.25. The van der Waals surface area contributed by atoms with E-state index in [1.165, 1.54) is 0 Å². The fraction of sp³-hybridized carbons (Fsp3) is 0.900. The topological polar surface area (TPSA) is 52.3 Å². The highest BCUT2D eigenvalue weighted by atomic mass is 35.5. The third kappa shape index (κ3) is 5.61. The molecule has 0 aromatic heterocycles. The van der Waals surface area contributed by atoms with Crippen LogP contribution in [-0.2, 0) is 9.53 Å². The van der Waals surface area contributed by atoms with Gasteiger partial charge in [0.05, 0.1) is 6.61 Å².